The molecule has 3 rings (SSSR count). The maximum absolute atomic E-state index is 12.6. The molecule has 0 bridgehead atoms. The average Bonchev–Trinajstić information content (AvgIpc) is 2.52. The number of aromatic nitrogens is 2. The lowest BCUT2D eigenvalue weighted by atomic mass is 10.1. The molecule has 21 heavy (non-hydrogen) atoms. The molecule has 0 spiro atoms. The first-order valence-electron chi connectivity index (χ1n) is 6.90. The second-order valence-corrected chi connectivity index (χ2v) is 5.03. The average molecular weight is 276 g/mol. The minimum absolute atomic E-state index is 0.0144. The summed E-state index contributed by atoms with van der Waals surface area (Å²) in [4.78, 5) is 16.8. The third-order valence-corrected chi connectivity index (χ3v) is 3.59. The van der Waals surface area contributed by atoms with Crippen LogP contribution in [0.4, 0.5) is 0 Å². The highest BCUT2D eigenvalue weighted by Crippen LogP contribution is 2.14. The van der Waals surface area contributed by atoms with E-state index in [1.54, 1.807) is 17.1 Å². The van der Waals surface area contributed by atoms with E-state index in [4.69, 9.17) is 0 Å². The number of aryl methyl sites for hydroxylation is 1. The van der Waals surface area contributed by atoms with Gasteiger partial charge in [0.2, 0.25) is 0 Å². The summed E-state index contributed by atoms with van der Waals surface area (Å²) < 4.78 is 1.66. The molecule has 0 amide bonds. The summed E-state index contributed by atoms with van der Waals surface area (Å²) >= 11 is 0. The van der Waals surface area contributed by atoms with E-state index in [2.05, 4.69) is 18.0 Å². The standard InChI is InChI=1S/C18H16N2O/c1-14-7-5-6-10-16(14)12-20-13-19-11-17(18(20)21)15-8-3-2-4-9-15/h2-11,13H,12H2,1H3. The monoisotopic (exact) mass is 276 g/mol. The molecule has 0 aliphatic rings. The predicted octanol–water partition coefficient (Wildman–Crippen LogP) is 3.27. The lowest BCUT2D eigenvalue weighted by molar-refractivity contribution is 0.735. The molecule has 0 radical (unpaired) electrons. The van der Waals surface area contributed by atoms with Crippen molar-refractivity contribution in [1.82, 2.24) is 9.55 Å². The van der Waals surface area contributed by atoms with Crippen LogP contribution in [0, 0.1) is 6.92 Å². The van der Waals surface area contributed by atoms with Crippen LogP contribution in [0.1, 0.15) is 11.1 Å². The van der Waals surface area contributed by atoms with Gasteiger partial charge in [0.25, 0.3) is 5.56 Å². The van der Waals surface area contributed by atoms with Crippen molar-refractivity contribution in [1.29, 1.82) is 0 Å². The number of hydrogen-bond donors (Lipinski definition) is 0. The summed E-state index contributed by atoms with van der Waals surface area (Å²) in [7, 11) is 0. The largest absolute Gasteiger partial charge is 0.294 e. The van der Waals surface area contributed by atoms with E-state index in [1.807, 2.05) is 48.5 Å². The molecule has 0 N–H and O–H groups in total. The van der Waals surface area contributed by atoms with Gasteiger partial charge >= 0.3 is 0 Å². The molecule has 0 aliphatic carbocycles. The molecule has 0 fully saturated rings. The summed E-state index contributed by atoms with van der Waals surface area (Å²) in [6.45, 7) is 2.59. The highest BCUT2D eigenvalue weighted by atomic mass is 16.1. The van der Waals surface area contributed by atoms with Crippen molar-refractivity contribution in [3.8, 4) is 11.1 Å². The Balaban J connectivity index is 2.02. The molecule has 0 aliphatic heterocycles. The van der Waals surface area contributed by atoms with E-state index in [1.165, 1.54) is 5.56 Å². The molecule has 3 heteroatoms. The molecule has 0 saturated heterocycles. The van der Waals surface area contributed by atoms with Crippen LogP contribution in [0.2, 0.25) is 0 Å². The fourth-order valence-corrected chi connectivity index (χ4v) is 2.35. The summed E-state index contributed by atoms with van der Waals surface area (Å²) in [5, 5.41) is 0. The van der Waals surface area contributed by atoms with Crippen LogP contribution in [0.25, 0.3) is 11.1 Å². The molecule has 2 aromatic carbocycles. The SMILES string of the molecule is Cc1ccccc1Cn1cncc(-c2ccccc2)c1=O. The molecule has 1 heterocycles. The Hall–Kier alpha value is -2.68. The quantitative estimate of drug-likeness (QED) is 0.736. The summed E-state index contributed by atoms with van der Waals surface area (Å²) in [6.07, 6.45) is 3.23. The normalized spacial score (nSPS) is 10.5. The topological polar surface area (TPSA) is 34.9 Å². The second-order valence-electron chi connectivity index (χ2n) is 5.03. The van der Waals surface area contributed by atoms with Gasteiger partial charge < -0.3 is 0 Å². The van der Waals surface area contributed by atoms with Crippen molar-refractivity contribution in [3.05, 3.63) is 88.6 Å². The van der Waals surface area contributed by atoms with Gasteiger partial charge in [-0.3, -0.25) is 9.36 Å². The highest BCUT2D eigenvalue weighted by molar-refractivity contribution is 5.60. The van der Waals surface area contributed by atoms with Gasteiger partial charge in [-0.2, -0.15) is 0 Å². The third-order valence-electron chi connectivity index (χ3n) is 3.59. The van der Waals surface area contributed by atoms with E-state index in [-0.39, 0.29) is 5.56 Å². The number of benzene rings is 2. The Bertz CT molecular complexity index is 807. The Morgan fingerprint density at radius 1 is 1.00 bits per heavy atom. The molecule has 0 saturated carbocycles. The number of rotatable bonds is 3. The maximum atomic E-state index is 12.6. The Morgan fingerprint density at radius 3 is 2.48 bits per heavy atom. The molecule has 104 valence electrons. The Kier molecular flexibility index (Phi) is 3.65. The van der Waals surface area contributed by atoms with Gasteiger partial charge in [0.1, 0.15) is 0 Å². The summed E-state index contributed by atoms with van der Waals surface area (Å²) in [5.74, 6) is 0. The molecular formula is C18H16N2O. The van der Waals surface area contributed by atoms with Crippen LogP contribution in [-0.2, 0) is 6.54 Å². The van der Waals surface area contributed by atoms with Crippen molar-refractivity contribution < 1.29 is 0 Å². The first-order valence-corrected chi connectivity index (χ1v) is 6.90. The fraction of sp³-hybridized carbons (Fsp3) is 0.111. The van der Waals surface area contributed by atoms with E-state index in [0.717, 1.165) is 11.1 Å². The van der Waals surface area contributed by atoms with Crippen molar-refractivity contribution in [2.75, 3.05) is 0 Å². The first kappa shape index (κ1) is 13.3. The fourth-order valence-electron chi connectivity index (χ4n) is 2.35. The predicted molar refractivity (Wildman–Crippen MR) is 84.2 cm³/mol. The van der Waals surface area contributed by atoms with Crippen molar-refractivity contribution in [2.24, 2.45) is 0 Å². The Labute approximate surface area is 123 Å². The first-order chi connectivity index (χ1) is 10.3. The molecule has 0 atom stereocenters. The second kappa shape index (κ2) is 5.75. The lowest BCUT2D eigenvalue weighted by Crippen LogP contribution is -2.22. The van der Waals surface area contributed by atoms with Gasteiger partial charge in [-0.15, -0.1) is 0 Å². The minimum Gasteiger partial charge on any atom is -0.294 e. The minimum atomic E-state index is -0.0144. The van der Waals surface area contributed by atoms with E-state index >= 15 is 0 Å². The van der Waals surface area contributed by atoms with Gasteiger partial charge in [0.15, 0.2) is 0 Å². The zero-order valence-electron chi connectivity index (χ0n) is 11.9. The maximum Gasteiger partial charge on any atom is 0.261 e. The number of hydrogen-bond acceptors (Lipinski definition) is 2. The molecule has 3 aromatic rings. The van der Waals surface area contributed by atoms with E-state index < -0.39 is 0 Å². The van der Waals surface area contributed by atoms with Crippen LogP contribution < -0.4 is 5.56 Å². The van der Waals surface area contributed by atoms with Gasteiger partial charge in [0.05, 0.1) is 18.4 Å². The highest BCUT2D eigenvalue weighted by Gasteiger charge is 2.07. The van der Waals surface area contributed by atoms with Gasteiger partial charge in [-0.1, -0.05) is 54.6 Å². The lowest BCUT2D eigenvalue weighted by Gasteiger charge is -2.09. The number of nitrogens with zero attached hydrogens (tertiary/aromatic N) is 2. The third kappa shape index (κ3) is 2.77. The Morgan fingerprint density at radius 2 is 1.71 bits per heavy atom. The van der Waals surface area contributed by atoms with Crippen molar-refractivity contribution in [2.45, 2.75) is 13.5 Å². The zero-order chi connectivity index (χ0) is 14.7. The van der Waals surface area contributed by atoms with Crippen LogP contribution in [-0.4, -0.2) is 9.55 Å². The van der Waals surface area contributed by atoms with Crippen LogP contribution in [0.5, 0.6) is 0 Å². The van der Waals surface area contributed by atoms with Crippen molar-refractivity contribution in [3.63, 3.8) is 0 Å². The van der Waals surface area contributed by atoms with Crippen LogP contribution in [0.3, 0.4) is 0 Å². The van der Waals surface area contributed by atoms with E-state index in [9.17, 15) is 4.79 Å². The summed E-state index contributed by atoms with van der Waals surface area (Å²) in [6, 6.07) is 17.7. The smallest absolute Gasteiger partial charge is 0.261 e. The zero-order valence-corrected chi connectivity index (χ0v) is 11.9. The summed E-state index contributed by atoms with van der Waals surface area (Å²) in [5.41, 5.74) is 3.82. The van der Waals surface area contributed by atoms with Gasteiger partial charge in [-0.25, -0.2) is 4.98 Å². The van der Waals surface area contributed by atoms with Gasteiger partial charge in [-0.05, 0) is 23.6 Å². The van der Waals surface area contributed by atoms with E-state index in [0.29, 0.717) is 12.1 Å². The van der Waals surface area contributed by atoms with Crippen molar-refractivity contribution >= 4 is 0 Å². The molecule has 0 unspecified atom stereocenters. The molecule has 3 nitrogen and oxygen atoms in total. The van der Waals surface area contributed by atoms with Crippen LogP contribution in [0.15, 0.2) is 71.9 Å². The molecule has 1 aromatic heterocycles. The molecular weight excluding hydrogens is 260 g/mol. The van der Waals surface area contributed by atoms with Crippen LogP contribution >= 0.6 is 0 Å². The van der Waals surface area contributed by atoms with Gasteiger partial charge in [0, 0.05) is 6.20 Å².